The maximum absolute atomic E-state index is 13.0. The number of benzene rings is 3. The number of rotatable bonds is 5. The lowest BCUT2D eigenvalue weighted by Crippen LogP contribution is -2.11. The lowest BCUT2D eigenvalue weighted by atomic mass is 10.1. The van der Waals surface area contributed by atoms with E-state index in [0.717, 1.165) is 27.3 Å². The number of hydrogen-bond donors (Lipinski definition) is 1. The molecule has 0 saturated carbocycles. The zero-order valence-corrected chi connectivity index (χ0v) is 20.5. The minimum Gasteiger partial charge on any atom is -0.451 e. The molecule has 1 N–H and O–H groups in total. The van der Waals surface area contributed by atoms with Crippen LogP contribution in [0.3, 0.4) is 0 Å². The summed E-state index contributed by atoms with van der Waals surface area (Å²) in [6, 6.07) is 26.3. The summed E-state index contributed by atoms with van der Waals surface area (Å²) in [4.78, 5) is 13.7. The molecule has 3 heterocycles. The second-order valence-corrected chi connectivity index (χ2v) is 9.54. The van der Waals surface area contributed by atoms with Crippen molar-refractivity contribution in [2.24, 2.45) is 0 Å². The van der Waals surface area contributed by atoms with Crippen molar-refractivity contribution in [1.29, 1.82) is 0 Å². The highest BCUT2D eigenvalue weighted by molar-refractivity contribution is 7.19. The minimum atomic E-state index is -0.340. The van der Waals surface area contributed by atoms with Gasteiger partial charge in [-0.05, 0) is 42.8 Å². The predicted octanol–water partition coefficient (Wildman–Crippen LogP) is 6.99. The summed E-state index contributed by atoms with van der Waals surface area (Å²) in [5.74, 6) is 1.12. The molecule has 9 heteroatoms. The fourth-order valence-electron chi connectivity index (χ4n) is 3.83. The smallest absolute Gasteiger partial charge is 0.291 e. The fourth-order valence-corrected chi connectivity index (χ4v) is 4.86. The standard InChI is InChI=1S/C27H18ClN5O2S/c1-16-10-11-19(26-32-33-24(30-31-27(33)36-26)17-6-3-2-4-7-17)15-21(16)29-25(34)23-13-12-22(35-23)18-8-5-9-20(28)14-18/h2-15H,1H3,(H,29,34). The molecule has 0 bridgehead atoms. The van der Waals surface area contributed by atoms with Crippen molar-refractivity contribution in [3.63, 3.8) is 0 Å². The van der Waals surface area contributed by atoms with E-state index in [1.165, 1.54) is 11.3 Å². The molecular weight excluding hydrogens is 494 g/mol. The molecule has 0 fully saturated rings. The Labute approximate surface area is 215 Å². The Morgan fingerprint density at radius 3 is 2.58 bits per heavy atom. The first-order valence-electron chi connectivity index (χ1n) is 11.1. The third kappa shape index (κ3) is 4.17. The van der Waals surface area contributed by atoms with E-state index in [9.17, 15) is 4.79 Å². The third-order valence-electron chi connectivity index (χ3n) is 5.69. The number of amides is 1. The lowest BCUT2D eigenvalue weighted by Gasteiger charge is -2.09. The molecule has 176 valence electrons. The zero-order chi connectivity index (χ0) is 24.6. The monoisotopic (exact) mass is 511 g/mol. The molecule has 0 aliphatic heterocycles. The Hall–Kier alpha value is -4.27. The van der Waals surface area contributed by atoms with E-state index >= 15 is 0 Å². The van der Waals surface area contributed by atoms with E-state index in [-0.39, 0.29) is 11.7 Å². The molecule has 0 saturated heterocycles. The van der Waals surface area contributed by atoms with Crippen molar-refractivity contribution in [3.8, 4) is 33.3 Å². The normalized spacial score (nSPS) is 11.2. The quantitative estimate of drug-likeness (QED) is 0.269. The maximum atomic E-state index is 13.0. The Morgan fingerprint density at radius 2 is 1.75 bits per heavy atom. The number of nitrogens with zero attached hydrogens (tertiary/aromatic N) is 4. The van der Waals surface area contributed by atoms with Gasteiger partial charge in [-0.1, -0.05) is 77.5 Å². The Kier molecular flexibility index (Phi) is 5.59. The van der Waals surface area contributed by atoms with Crippen LogP contribution in [-0.2, 0) is 0 Å². The highest BCUT2D eigenvalue weighted by Crippen LogP contribution is 2.31. The maximum Gasteiger partial charge on any atom is 0.291 e. The Morgan fingerprint density at radius 1 is 0.917 bits per heavy atom. The van der Waals surface area contributed by atoms with Crippen LogP contribution in [0.15, 0.2) is 89.3 Å². The zero-order valence-electron chi connectivity index (χ0n) is 19.0. The van der Waals surface area contributed by atoms with Gasteiger partial charge in [0.05, 0.1) is 0 Å². The van der Waals surface area contributed by atoms with E-state index in [1.54, 1.807) is 28.8 Å². The van der Waals surface area contributed by atoms with Gasteiger partial charge in [0.1, 0.15) is 10.8 Å². The Balaban J connectivity index is 1.27. The first-order chi connectivity index (χ1) is 17.5. The van der Waals surface area contributed by atoms with Gasteiger partial charge >= 0.3 is 0 Å². The summed E-state index contributed by atoms with van der Waals surface area (Å²) in [7, 11) is 0. The molecular formula is C27H18ClN5O2S. The first-order valence-corrected chi connectivity index (χ1v) is 12.3. The van der Waals surface area contributed by atoms with Gasteiger partial charge in [-0.25, -0.2) is 0 Å². The molecule has 6 aromatic rings. The molecule has 0 aliphatic carbocycles. The van der Waals surface area contributed by atoms with Crippen LogP contribution >= 0.6 is 22.9 Å². The van der Waals surface area contributed by atoms with Crippen LogP contribution in [0.25, 0.3) is 38.2 Å². The van der Waals surface area contributed by atoms with Crippen LogP contribution < -0.4 is 5.32 Å². The van der Waals surface area contributed by atoms with Crippen LogP contribution in [0.5, 0.6) is 0 Å². The number of nitrogens with one attached hydrogen (secondary N) is 1. The van der Waals surface area contributed by atoms with Crippen molar-refractivity contribution in [3.05, 3.63) is 101 Å². The topological polar surface area (TPSA) is 85.3 Å². The van der Waals surface area contributed by atoms with Crippen LogP contribution in [0.2, 0.25) is 5.02 Å². The summed E-state index contributed by atoms with van der Waals surface area (Å²) in [5, 5.41) is 17.6. The average molecular weight is 512 g/mol. The molecule has 1 amide bonds. The third-order valence-corrected chi connectivity index (χ3v) is 6.88. The van der Waals surface area contributed by atoms with Gasteiger partial charge in [-0.15, -0.1) is 10.2 Å². The van der Waals surface area contributed by atoms with Crippen molar-refractivity contribution < 1.29 is 9.21 Å². The largest absolute Gasteiger partial charge is 0.451 e. The lowest BCUT2D eigenvalue weighted by molar-refractivity contribution is 0.0997. The highest BCUT2D eigenvalue weighted by atomic mass is 35.5. The van der Waals surface area contributed by atoms with Crippen molar-refractivity contribution >= 4 is 39.5 Å². The number of halogens is 1. The van der Waals surface area contributed by atoms with Gasteiger partial charge in [0.15, 0.2) is 11.6 Å². The summed E-state index contributed by atoms with van der Waals surface area (Å²) >= 11 is 7.51. The summed E-state index contributed by atoms with van der Waals surface area (Å²) in [6.07, 6.45) is 0. The number of furan rings is 1. The van der Waals surface area contributed by atoms with E-state index in [1.807, 2.05) is 67.6 Å². The van der Waals surface area contributed by atoms with Crippen molar-refractivity contribution in [1.82, 2.24) is 19.8 Å². The summed E-state index contributed by atoms with van der Waals surface area (Å²) in [5.41, 5.74) is 4.20. The molecule has 0 unspecified atom stereocenters. The summed E-state index contributed by atoms with van der Waals surface area (Å²) < 4.78 is 7.54. The highest BCUT2D eigenvalue weighted by Gasteiger charge is 2.17. The minimum absolute atomic E-state index is 0.209. The number of fused-ring (bicyclic) bond motifs is 1. The fraction of sp³-hybridized carbons (Fsp3) is 0.0370. The number of aryl methyl sites for hydroxylation is 1. The number of carbonyl (C=O) groups is 1. The molecule has 0 spiro atoms. The number of carbonyl (C=O) groups excluding carboxylic acids is 1. The van der Waals surface area contributed by atoms with Crippen molar-refractivity contribution in [2.45, 2.75) is 6.92 Å². The molecule has 36 heavy (non-hydrogen) atoms. The van der Waals surface area contributed by atoms with Gasteiger partial charge in [-0.3, -0.25) is 4.79 Å². The van der Waals surface area contributed by atoms with Gasteiger partial charge in [0.25, 0.3) is 5.91 Å². The number of aromatic nitrogens is 4. The molecule has 6 rings (SSSR count). The van der Waals surface area contributed by atoms with Crippen LogP contribution in [0.4, 0.5) is 5.69 Å². The average Bonchev–Trinajstić information content (AvgIpc) is 3.62. The van der Waals surface area contributed by atoms with E-state index in [4.69, 9.17) is 21.1 Å². The van der Waals surface area contributed by atoms with Gasteiger partial charge in [0, 0.05) is 27.4 Å². The molecule has 0 atom stereocenters. The summed E-state index contributed by atoms with van der Waals surface area (Å²) in [6.45, 7) is 1.94. The second-order valence-electron chi connectivity index (χ2n) is 8.15. The second kappa shape index (κ2) is 9.07. The predicted molar refractivity (Wildman–Crippen MR) is 141 cm³/mol. The van der Waals surface area contributed by atoms with Crippen LogP contribution in [0, 0.1) is 6.92 Å². The SMILES string of the molecule is Cc1ccc(-c2nn3c(-c4ccccc4)nnc3s2)cc1NC(=O)c1ccc(-c2cccc(Cl)c2)o1. The van der Waals surface area contributed by atoms with E-state index < -0.39 is 0 Å². The molecule has 0 radical (unpaired) electrons. The number of hydrogen-bond acceptors (Lipinski definition) is 6. The van der Waals surface area contributed by atoms with E-state index in [0.29, 0.717) is 27.3 Å². The first kappa shape index (κ1) is 22.2. The number of anilines is 1. The van der Waals surface area contributed by atoms with Crippen LogP contribution in [0.1, 0.15) is 16.1 Å². The van der Waals surface area contributed by atoms with Crippen LogP contribution in [-0.4, -0.2) is 25.7 Å². The Bertz CT molecular complexity index is 1720. The molecule has 7 nitrogen and oxygen atoms in total. The van der Waals surface area contributed by atoms with Gasteiger partial charge in [-0.2, -0.15) is 9.61 Å². The van der Waals surface area contributed by atoms with Gasteiger partial charge in [0.2, 0.25) is 4.96 Å². The molecule has 3 aromatic carbocycles. The van der Waals surface area contributed by atoms with Gasteiger partial charge < -0.3 is 9.73 Å². The molecule has 3 aromatic heterocycles. The van der Waals surface area contributed by atoms with Crippen molar-refractivity contribution in [2.75, 3.05) is 5.32 Å². The van der Waals surface area contributed by atoms with E-state index in [2.05, 4.69) is 15.5 Å². The molecule has 0 aliphatic rings.